The van der Waals surface area contributed by atoms with Gasteiger partial charge in [-0.25, -0.2) is 4.39 Å². The molecule has 0 aliphatic carbocycles. The normalized spacial score (nSPS) is 18.5. The van der Waals surface area contributed by atoms with E-state index in [1.54, 1.807) is 12.1 Å². The molecule has 4 nitrogen and oxygen atoms in total. The largest absolute Gasteiger partial charge is 0.354 e. The number of nitrogens with one attached hydrogen (secondary N) is 2. The molecular weight excluding hydrogens is 235 g/mol. The van der Waals surface area contributed by atoms with E-state index in [1.807, 2.05) is 0 Å². The molecule has 0 saturated carbocycles. The first-order chi connectivity index (χ1) is 8.65. The van der Waals surface area contributed by atoms with Crippen molar-refractivity contribution < 1.29 is 14.0 Å². The van der Waals surface area contributed by atoms with Gasteiger partial charge in [0.25, 0.3) is 0 Å². The van der Waals surface area contributed by atoms with Gasteiger partial charge in [0.05, 0.1) is 0 Å². The second-order valence-corrected chi connectivity index (χ2v) is 4.33. The van der Waals surface area contributed by atoms with Crippen molar-refractivity contribution in [1.29, 1.82) is 0 Å². The SMILES string of the molecule is O=C1CC[C@H](C(=O)NCCc2ccc(F)cc2)N1. The zero-order chi connectivity index (χ0) is 13.0. The van der Waals surface area contributed by atoms with Gasteiger partial charge < -0.3 is 10.6 Å². The van der Waals surface area contributed by atoms with E-state index in [9.17, 15) is 14.0 Å². The Labute approximate surface area is 105 Å². The van der Waals surface area contributed by atoms with Gasteiger partial charge in [-0.15, -0.1) is 0 Å². The summed E-state index contributed by atoms with van der Waals surface area (Å²) in [5.41, 5.74) is 0.965. The smallest absolute Gasteiger partial charge is 0.242 e. The number of benzene rings is 1. The standard InChI is InChI=1S/C13H15FN2O2/c14-10-3-1-9(2-4-10)7-8-15-13(18)11-5-6-12(17)16-11/h1-4,11H,5-8H2,(H,15,18)(H,16,17)/t11-/m1/s1. The van der Waals surface area contributed by atoms with Crippen LogP contribution in [0.1, 0.15) is 18.4 Å². The molecule has 0 aromatic heterocycles. The summed E-state index contributed by atoms with van der Waals surface area (Å²) in [4.78, 5) is 22.6. The third-order valence-corrected chi connectivity index (χ3v) is 2.94. The molecule has 1 atom stereocenters. The number of carbonyl (C=O) groups is 2. The van der Waals surface area contributed by atoms with Crippen LogP contribution in [0.3, 0.4) is 0 Å². The Bertz CT molecular complexity index is 445. The zero-order valence-corrected chi connectivity index (χ0v) is 9.91. The Morgan fingerprint density at radius 2 is 2.11 bits per heavy atom. The summed E-state index contributed by atoms with van der Waals surface area (Å²) >= 11 is 0. The van der Waals surface area contributed by atoms with Gasteiger partial charge in [-0.05, 0) is 30.5 Å². The Morgan fingerprint density at radius 1 is 1.39 bits per heavy atom. The van der Waals surface area contributed by atoms with Crippen molar-refractivity contribution in [2.45, 2.75) is 25.3 Å². The van der Waals surface area contributed by atoms with E-state index < -0.39 is 6.04 Å². The maximum absolute atomic E-state index is 12.7. The van der Waals surface area contributed by atoms with Crippen LogP contribution in [0.25, 0.3) is 0 Å². The van der Waals surface area contributed by atoms with Crippen molar-refractivity contribution in [3.63, 3.8) is 0 Å². The number of amides is 2. The van der Waals surface area contributed by atoms with Crippen molar-refractivity contribution in [2.24, 2.45) is 0 Å². The third-order valence-electron chi connectivity index (χ3n) is 2.94. The predicted molar refractivity (Wildman–Crippen MR) is 64.3 cm³/mol. The summed E-state index contributed by atoms with van der Waals surface area (Å²) < 4.78 is 12.7. The highest BCUT2D eigenvalue weighted by Gasteiger charge is 2.26. The van der Waals surface area contributed by atoms with Gasteiger partial charge in [0.15, 0.2) is 0 Å². The van der Waals surface area contributed by atoms with Gasteiger partial charge in [0, 0.05) is 13.0 Å². The molecule has 18 heavy (non-hydrogen) atoms. The molecule has 1 saturated heterocycles. The highest BCUT2D eigenvalue weighted by molar-refractivity contribution is 5.90. The summed E-state index contributed by atoms with van der Waals surface area (Å²) in [6, 6.07) is 5.78. The van der Waals surface area contributed by atoms with Gasteiger partial charge >= 0.3 is 0 Å². The predicted octanol–water partition coefficient (Wildman–Crippen LogP) is 0.763. The van der Waals surface area contributed by atoms with Crippen molar-refractivity contribution in [3.8, 4) is 0 Å². The average molecular weight is 250 g/mol. The lowest BCUT2D eigenvalue weighted by Crippen LogP contribution is -2.42. The minimum Gasteiger partial charge on any atom is -0.354 e. The Kier molecular flexibility index (Phi) is 3.92. The van der Waals surface area contributed by atoms with Crippen LogP contribution >= 0.6 is 0 Å². The first-order valence-electron chi connectivity index (χ1n) is 5.96. The molecule has 2 amide bonds. The monoisotopic (exact) mass is 250 g/mol. The summed E-state index contributed by atoms with van der Waals surface area (Å²) in [6.07, 6.45) is 1.62. The van der Waals surface area contributed by atoms with Gasteiger partial charge in [0.1, 0.15) is 11.9 Å². The van der Waals surface area contributed by atoms with Crippen LogP contribution in [-0.4, -0.2) is 24.4 Å². The van der Waals surface area contributed by atoms with E-state index >= 15 is 0 Å². The number of hydrogen-bond acceptors (Lipinski definition) is 2. The van der Waals surface area contributed by atoms with Crippen LogP contribution in [-0.2, 0) is 16.0 Å². The molecule has 1 aromatic rings. The highest BCUT2D eigenvalue weighted by Crippen LogP contribution is 2.06. The van der Waals surface area contributed by atoms with E-state index in [0.717, 1.165) is 5.56 Å². The fourth-order valence-electron chi connectivity index (χ4n) is 1.92. The molecule has 0 bridgehead atoms. The zero-order valence-electron chi connectivity index (χ0n) is 9.91. The molecule has 0 spiro atoms. The van der Waals surface area contributed by atoms with E-state index in [-0.39, 0.29) is 17.6 Å². The third kappa shape index (κ3) is 3.29. The lowest BCUT2D eigenvalue weighted by Gasteiger charge is -2.10. The Hall–Kier alpha value is -1.91. The van der Waals surface area contributed by atoms with Crippen LogP contribution in [0.2, 0.25) is 0 Å². The molecule has 1 fully saturated rings. The topological polar surface area (TPSA) is 58.2 Å². The Balaban J connectivity index is 1.73. The maximum atomic E-state index is 12.7. The number of rotatable bonds is 4. The van der Waals surface area contributed by atoms with E-state index in [0.29, 0.717) is 25.8 Å². The second kappa shape index (κ2) is 5.62. The van der Waals surface area contributed by atoms with E-state index in [1.165, 1.54) is 12.1 Å². The summed E-state index contributed by atoms with van der Waals surface area (Å²) in [6.45, 7) is 0.483. The lowest BCUT2D eigenvalue weighted by molar-refractivity contribution is -0.125. The number of carbonyl (C=O) groups excluding carboxylic acids is 2. The molecule has 1 aromatic carbocycles. The average Bonchev–Trinajstić information content (AvgIpc) is 2.78. The molecule has 1 aliphatic heterocycles. The van der Waals surface area contributed by atoms with Crippen molar-refractivity contribution >= 4 is 11.8 Å². The summed E-state index contributed by atoms with van der Waals surface area (Å²) in [5.74, 6) is -0.493. The Morgan fingerprint density at radius 3 is 2.72 bits per heavy atom. The van der Waals surface area contributed by atoms with Gasteiger partial charge in [0.2, 0.25) is 11.8 Å². The number of hydrogen-bond donors (Lipinski definition) is 2. The minimum absolute atomic E-state index is 0.0753. The van der Waals surface area contributed by atoms with E-state index in [4.69, 9.17) is 0 Å². The van der Waals surface area contributed by atoms with Crippen LogP contribution in [0, 0.1) is 5.82 Å². The van der Waals surface area contributed by atoms with Crippen LogP contribution in [0.4, 0.5) is 4.39 Å². The second-order valence-electron chi connectivity index (χ2n) is 4.33. The fraction of sp³-hybridized carbons (Fsp3) is 0.385. The fourth-order valence-corrected chi connectivity index (χ4v) is 1.92. The molecule has 5 heteroatoms. The van der Waals surface area contributed by atoms with Gasteiger partial charge in [-0.1, -0.05) is 12.1 Å². The minimum atomic E-state index is -0.397. The highest BCUT2D eigenvalue weighted by atomic mass is 19.1. The van der Waals surface area contributed by atoms with Gasteiger partial charge in [-0.2, -0.15) is 0 Å². The first-order valence-corrected chi connectivity index (χ1v) is 5.96. The van der Waals surface area contributed by atoms with Crippen LogP contribution in [0.15, 0.2) is 24.3 Å². The molecule has 1 heterocycles. The molecule has 96 valence electrons. The van der Waals surface area contributed by atoms with Crippen molar-refractivity contribution in [2.75, 3.05) is 6.54 Å². The quantitative estimate of drug-likeness (QED) is 0.829. The molecule has 0 unspecified atom stereocenters. The van der Waals surface area contributed by atoms with Crippen LogP contribution < -0.4 is 10.6 Å². The first kappa shape index (κ1) is 12.5. The molecule has 2 N–H and O–H groups in total. The molecule has 2 rings (SSSR count). The lowest BCUT2D eigenvalue weighted by atomic mass is 10.1. The summed E-state index contributed by atoms with van der Waals surface area (Å²) in [7, 11) is 0. The van der Waals surface area contributed by atoms with E-state index in [2.05, 4.69) is 10.6 Å². The van der Waals surface area contributed by atoms with Crippen molar-refractivity contribution in [1.82, 2.24) is 10.6 Å². The maximum Gasteiger partial charge on any atom is 0.242 e. The molecular formula is C13H15FN2O2. The molecule has 0 radical (unpaired) electrons. The van der Waals surface area contributed by atoms with Crippen molar-refractivity contribution in [3.05, 3.63) is 35.6 Å². The summed E-state index contributed by atoms with van der Waals surface area (Å²) in [5, 5.41) is 5.37. The van der Waals surface area contributed by atoms with Crippen LogP contribution in [0.5, 0.6) is 0 Å². The molecule has 1 aliphatic rings. The van der Waals surface area contributed by atoms with Gasteiger partial charge in [-0.3, -0.25) is 9.59 Å². The number of halogens is 1.